The van der Waals surface area contributed by atoms with Crippen LogP contribution in [0.2, 0.25) is 0 Å². The van der Waals surface area contributed by atoms with Crippen LogP contribution >= 0.6 is 15.9 Å². The molecule has 1 amide bonds. The summed E-state index contributed by atoms with van der Waals surface area (Å²) >= 11 is 3.33. The Morgan fingerprint density at radius 1 is 1.58 bits per heavy atom. The van der Waals surface area contributed by atoms with E-state index < -0.39 is 0 Å². The highest BCUT2D eigenvalue weighted by molar-refractivity contribution is 9.10. The summed E-state index contributed by atoms with van der Waals surface area (Å²) in [5, 5.41) is 5.97. The number of hydrogen-bond acceptors (Lipinski definition) is 4. The van der Waals surface area contributed by atoms with Gasteiger partial charge in [0.25, 0.3) is 5.91 Å². The molecule has 2 N–H and O–H groups in total. The molecule has 1 unspecified atom stereocenters. The molecule has 1 heterocycles. The number of ether oxygens (including phenoxy) is 1. The van der Waals surface area contributed by atoms with E-state index in [2.05, 4.69) is 31.5 Å². The molecule has 6 heteroatoms. The molecule has 0 bridgehead atoms. The molecule has 106 valence electrons. The number of halogens is 1. The van der Waals surface area contributed by atoms with Crippen LogP contribution in [0.15, 0.2) is 16.7 Å². The van der Waals surface area contributed by atoms with Crippen LogP contribution in [0.3, 0.4) is 0 Å². The fourth-order valence-corrected chi connectivity index (χ4v) is 1.96. The first kappa shape index (κ1) is 15.9. The molecular weight excluding hydrogens is 310 g/mol. The van der Waals surface area contributed by atoms with Gasteiger partial charge in [0.2, 0.25) is 0 Å². The van der Waals surface area contributed by atoms with Crippen molar-refractivity contribution in [2.45, 2.75) is 13.8 Å². The van der Waals surface area contributed by atoms with Crippen LogP contribution in [0.1, 0.15) is 24.2 Å². The van der Waals surface area contributed by atoms with Gasteiger partial charge in [0, 0.05) is 30.9 Å². The minimum Gasteiger partial charge on any atom is -0.384 e. The van der Waals surface area contributed by atoms with E-state index in [0.29, 0.717) is 24.5 Å². The molecule has 19 heavy (non-hydrogen) atoms. The number of rotatable bonds is 7. The predicted molar refractivity (Wildman–Crippen MR) is 79.5 cm³/mol. The maximum absolute atomic E-state index is 12.1. The maximum Gasteiger partial charge on any atom is 0.255 e. The highest BCUT2D eigenvalue weighted by atomic mass is 79.9. The first-order valence-electron chi connectivity index (χ1n) is 6.25. The normalized spacial score (nSPS) is 12.0. The van der Waals surface area contributed by atoms with Crippen molar-refractivity contribution in [2.75, 3.05) is 32.1 Å². The van der Waals surface area contributed by atoms with Gasteiger partial charge in [-0.1, -0.05) is 6.92 Å². The summed E-state index contributed by atoms with van der Waals surface area (Å²) in [5.74, 6) is 0.743. The number of methoxy groups -OCH3 is 1. The second-order valence-corrected chi connectivity index (χ2v) is 5.27. The Morgan fingerprint density at radius 3 is 2.95 bits per heavy atom. The summed E-state index contributed by atoms with van der Waals surface area (Å²) in [6.07, 6.45) is 1.67. The SMILES string of the molecule is CCNc1ncc(Br)cc1C(=O)NCC(C)COC. The van der Waals surface area contributed by atoms with Crippen molar-refractivity contribution in [3.63, 3.8) is 0 Å². The number of carbonyl (C=O) groups excluding carboxylic acids is 1. The van der Waals surface area contributed by atoms with E-state index in [1.54, 1.807) is 19.4 Å². The molecule has 0 spiro atoms. The quantitative estimate of drug-likeness (QED) is 0.805. The molecule has 0 saturated carbocycles. The van der Waals surface area contributed by atoms with Crippen LogP contribution in [0.25, 0.3) is 0 Å². The van der Waals surface area contributed by atoms with Crippen LogP contribution in [0.4, 0.5) is 5.82 Å². The smallest absolute Gasteiger partial charge is 0.255 e. The molecular formula is C13H20BrN3O2. The highest BCUT2D eigenvalue weighted by Gasteiger charge is 2.13. The molecule has 0 saturated heterocycles. The van der Waals surface area contributed by atoms with Crippen molar-refractivity contribution in [3.8, 4) is 0 Å². The van der Waals surface area contributed by atoms with E-state index in [9.17, 15) is 4.79 Å². The average Bonchev–Trinajstić information content (AvgIpc) is 2.38. The molecule has 5 nitrogen and oxygen atoms in total. The van der Waals surface area contributed by atoms with E-state index in [-0.39, 0.29) is 11.8 Å². The summed E-state index contributed by atoms with van der Waals surface area (Å²) in [5.41, 5.74) is 0.542. The Morgan fingerprint density at radius 2 is 2.32 bits per heavy atom. The largest absolute Gasteiger partial charge is 0.384 e. The predicted octanol–water partition coefficient (Wildman–Crippen LogP) is 2.29. The Bertz CT molecular complexity index is 426. The van der Waals surface area contributed by atoms with Crippen molar-refractivity contribution in [2.24, 2.45) is 5.92 Å². The first-order valence-corrected chi connectivity index (χ1v) is 7.04. The molecule has 1 rings (SSSR count). The zero-order chi connectivity index (χ0) is 14.3. The van der Waals surface area contributed by atoms with Gasteiger partial charge in [-0.05, 0) is 34.8 Å². The van der Waals surface area contributed by atoms with E-state index in [1.165, 1.54) is 0 Å². The van der Waals surface area contributed by atoms with Crippen molar-refractivity contribution in [1.29, 1.82) is 0 Å². The summed E-state index contributed by atoms with van der Waals surface area (Å²) in [4.78, 5) is 16.4. The molecule has 0 aromatic carbocycles. The van der Waals surface area contributed by atoms with Crippen LogP contribution in [-0.2, 0) is 4.74 Å². The molecule has 0 radical (unpaired) electrons. The number of nitrogens with zero attached hydrogens (tertiary/aromatic N) is 1. The van der Waals surface area contributed by atoms with Gasteiger partial charge in [-0.15, -0.1) is 0 Å². The van der Waals surface area contributed by atoms with Gasteiger partial charge in [0.1, 0.15) is 5.82 Å². The first-order chi connectivity index (χ1) is 9.08. The third-order valence-electron chi connectivity index (χ3n) is 2.51. The maximum atomic E-state index is 12.1. The number of hydrogen-bond donors (Lipinski definition) is 2. The number of amides is 1. The van der Waals surface area contributed by atoms with Crippen LogP contribution in [0, 0.1) is 5.92 Å². The Balaban J connectivity index is 2.72. The highest BCUT2D eigenvalue weighted by Crippen LogP contribution is 2.17. The molecule has 0 aliphatic carbocycles. The van der Waals surface area contributed by atoms with E-state index in [1.807, 2.05) is 13.8 Å². The van der Waals surface area contributed by atoms with Gasteiger partial charge in [-0.2, -0.15) is 0 Å². The summed E-state index contributed by atoms with van der Waals surface area (Å²) < 4.78 is 5.82. The fraction of sp³-hybridized carbons (Fsp3) is 0.538. The van der Waals surface area contributed by atoms with E-state index in [0.717, 1.165) is 11.0 Å². The number of aromatic nitrogens is 1. The molecule has 0 aliphatic heterocycles. The van der Waals surface area contributed by atoms with Crippen molar-refractivity contribution in [3.05, 3.63) is 22.3 Å². The zero-order valence-electron chi connectivity index (χ0n) is 11.5. The standard InChI is InChI=1S/C13H20BrN3O2/c1-4-15-12-11(5-10(14)7-16-12)13(18)17-6-9(2)8-19-3/h5,7,9H,4,6,8H2,1-3H3,(H,15,16)(H,17,18). The minimum atomic E-state index is -0.132. The third kappa shape index (κ3) is 5.16. The van der Waals surface area contributed by atoms with E-state index in [4.69, 9.17) is 4.74 Å². The van der Waals surface area contributed by atoms with Gasteiger partial charge in [0.05, 0.1) is 12.2 Å². The number of pyridine rings is 1. The zero-order valence-corrected chi connectivity index (χ0v) is 13.1. The fourth-order valence-electron chi connectivity index (χ4n) is 1.63. The number of anilines is 1. The average molecular weight is 330 g/mol. The molecule has 1 aromatic heterocycles. The summed E-state index contributed by atoms with van der Waals surface area (Å²) in [7, 11) is 1.65. The molecule has 1 atom stereocenters. The summed E-state index contributed by atoms with van der Waals surface area (Å²) in [6.45, 7) is 5.90. The molecule has 0 fully saturated rings. The molecule has 0 aliphatic rings. The Kier molecular flexibility index (Phi) is 6.80. The van der Waals surface area contributed by atoms with Crippen LogP contribution in [0.5, 0.6) is 0 Å². The minimum absolute atomic E-state index is 0.132. The Labute approximate surface area is 122 Å². The van der Waals surface area contributed by atoms with Gasteiger partial charge < -0.3 is 15.4 Å². The van der Waals surface area contributed by atoms with Crippen molar-refractivity contribution >= 4 is 27.7 Å². The van der Waals surface area contributed by atoms with Gasteiger partial charge in [-0.25, -0.2) is 4.98 Å². The second kappa shape index (κ2) is 8.12. The third-order valence-corrected chi connectivity index (χ3v) is 2.94. The van der Waals surface area contributed by atoms with Gasteiger partial charge >= 0.3 is 0 Å². The number of nitrogens with one attached hydrogen (secondary N) is 2. The lowest BCUT2D eigenvalue weighted by Crippen LogP contribution is -2.30. The lowest BCUT2D eigenvalue weighted by Gasteiger charge is -2.13. The van der Waals surface area contributed by atoms with Crippen LogP contribution < -0.4 is 10.6 Å². The summed E-state index contributed by atoms with van der Waals surface area (Å²) in [6, 6.07) is 1.77. The lowest BCUT2D eigenvalue weighted by molar-refractivity contribution is 0.0934. The molecule has 1 aromatic rings. The van der Waals surface area contributed by atoms with Crippen molar-refractivity contribution < 1.29 is 9.53 Å². The Hall–Kier alpha value is -1.14. The topological polar surface area (TPSA) is 63.2 Å². The lowest BCUT2D eigenvalue weighted by atomic mass is 10.2. The van der Waals surface area contributed by atoms with E-state index >= 15 is 0 Å². The van der Waals surface area contributed by atoms with Crippen molar-refractivity contribution in [1.82, 2.24) is 10.3 Å². The second-order valence-electron chi connectivity index (χ2n) is 4.35. The van der Waals surface area contributed by atoms with Gasteiger partial charge in [-0.3, -0.25) is 4.79 Å². The van der Waals surface area contributed by atoms with Crippen LogP contribution in [-0.4, -0.2) is 37.7 Å². The monoisotopic (exact) mass is 329 g/mol. The number of carbonyl (C=O) groups is 1. The van der Waals surface area contributed by atoms with Gasteiger partial charge in [0.15, 0.2) is 0 Å².